The first kappa shape index (κ1) is 11.9. The van der Waals surface area contributed by atoms with Gasteiger partial charge in [0.05, 0.1) is 6.26 Å². The molecule has 5 heteroatoms. The van der Waals surface area contributed by atoms with E-state index in [9.17, 15) is 8.42 Å². The van der Waals surface area contributed by atoms with Crippen LogP contribution in [0, 0.1) is 0 Å². The van der Waals surface area contributed by atoms with Gasteiger partial charge in [-0.15, -0.1) is 0 Å². The van der Waals surface area contributed by atoms with Crippen molar-refractivity contribution in [3.63, 3.8) is 0 Å². The average molecular weight is 194 g/mol. The Kier molecular flexibility index (Phi) is 6.32. The fraction of sp³-hybridized carbons (Fsp3) is 1.00. The Morgan fingerprint density at radius 1 is 1.17 bits per heavy atom. The molecule has 0 aromatic carbocycles. The average Bonchev–Trinajstić information content (AvgIpc) is 1.94. The van der Waals surface area contributed by atoms with Crippen LogP contribution in [0.3, 0.4) is 0 Å². The number of hydrogen-bond acceptors (Lipinski definition) is 3. The largest absolute Gasteiger partial charge is 0.317 e. The van der Waals surface area contributed by atoms with Crippen molar-refractivity contribution in [3.05, 3.63) is 0 Å². The lowest BCUT2D eigenvalue weighted by molar-refractivity contribution is 0.579. The molecule has 0 aromatic heterocycles. The van der Waals surface area contributed by atoms with Crippen LogP contribution in [0.2, 0.25) is 0 Å². The normalized spacial score (nSPS) is 11.8. The van der Waals surface area contributed by atoms with Crippen molar-refractivity contribution in [1.82, 2.24) is 10.0 Å². The van der Waals surface area contributed by atoms with Gasteiger partial charge in [0.1, 0.15) is 0 Å². The summed E-state index contributed by atoms with van der Waals surface area (Å²) in [5.74, 6) is 0. The van der Waals surface area contributed by atoms with Gasteiger partial charge in [0, 0.05) is 6.54 Å². The predicted octanol–water partition coefficient (Wildman–Crippen LogP) is -0.0747. The Bertz CT molecular complexity index is 190. The van der Waals surface area contributed by atoms with Gasteiger partial charge >= 0.3 is 0 Å². The van der Waals surface area contributed by atoms with Gasteiger partial charge in [-0.3, -0.25) is 0 Å². The molecule has 0 atom stereocenters. The van der Waals surface area contributed by atoms with E-state index in [0.717, 1.165) is 25.9 Å². The minimum Gasteiger partial charge on any atom is -0.317 e. The van der Waals surface area contributed by atoms with Crippen LogP contribution in [0.25, 0.3) is 0 Å². The maximum atomic E-state index is 10.6. The van der Waals surface area contributed by atoms with Crippen LogP contribution in [-0.2, 0) is 10.0 Å². The standard InChI is InChI=1S/C7H18N2O2S/c1-3-5-8-6-4-7-9-12(2,10)11/h8-9H,3-7H2,1-2H3. The first-order valence-corrected chi connectivity index (χ1v) is 6.10. The van der Waals surface area contributed by atoms with Crippen LogP contribution in [0.1, 0.15) is 19.8 Å². The Balaban J connectivity index is 3.12. The lowest BCUT2D eigenvalue weighted by Gasteiger charge is -2.03. The van der Waals surface area contributed by atoms with E-state index in [2.05, 4.69) is 17.0 Å². The molecule has 74 valence electrons. The zero-order valence-electron chi connectivity index (χ0n) is 7.76. The maximum absolute atomic E-state index is 10.6. The summed E-state index contributed by atoms with van der Waals surface area (Å²) in [5, 5.41) is 3.19. The Hall–Kier alpha value is -0.130. The van der Waals surface area contributed by atoms with E-state index in [1.165, 1.54) is 6.26 Å². The summed E-state index contributed by atoms with van der Waals surface area (Å²) in [7, 11) is -2.99. The molecule has 0 aliphatic heterocycles. The molecule has 0 aliphatic carbocycles. The van der Waals surface area contributed by atoms with Gasteiger partial charge in [-0.2, -0.15) is 0 Å². The van der Waals surface area contributed by atoms with Crippen LogP contribution < -0.4 is 10.0 Å². The molecule has 0 saturated carbocycles. The van der Waals surface area contributed by atoms with Crippen molar-refractivity contribution in [2.45, 2.75) is 19.8 Å². The van der Waals surface area contributed by atoms with Gasteiger partial charge in [-0.05, 0) is 25.9 Å². The number of sulfonamides is 1. The van der Waals surface area contributed by atoms with Crippen LogP contribution >= 0.6 is 0 Å². The number of hydrogen-bond donors (Lipinski definition) is 2. The van der Waals surface area contributed by atoms with Gasteiger partial charge in [0.2, 0.25) is 10.0 Å². The van der Waals surface area contributed by atoms with Crippen LogP contribution in [0.4, 0.5) is 0 Å². The fourth-order valence-electron chi connectivity index (χ4n) is 0.773. The second-order valence-corrected chi connectivity index (χ2v) is 4.60. The van der Waals surface area contributed by atoms with E-state index < -0.39 is 10.0 Å². The van der Waals surface area contributed by atoms with Gasteiger partial charge < -0.3 is 5.32 Å². The number of rotatable bonds is 7. The highest BCUT2D eigenvalue weighted by Crippen LogP contribution is 1.78. The SMILES string of the molecule is CCCNCCCNS(C)(=O)=O. The summed E-state index contributed by atoms with van der Waals surface area (Å²) >= 11 is 0. The van der Waals surface area contributed by atoms with E-state index in [1.807, 2.05) is 0 Å². The lowest BCUT2D eigenvalue weighted by Crippen LogP contribution is -2.26. The zero-order chi connectivity index (χ0) is 9.45. The molecule has 0 rings (SSSR count). The monoisotopic (exact) mass is 194 g/mol. The molecular formula is C7H18N2O2S. The third-order valence-electron chi connectivity index (χ3n) is 1.32. The minimum atomic E-state index is -2.99. The molecule has 4 nitrogen and oxygen atoms in total. The van der Waals surface area contributed by atoms with Crippen molar-refractivity contribution >= 4 is 10.0 Å². The summed E-state index contributed by atoms with van der Waals surface area (Å²) in [6, 6.07) is 0. The quantitative estimate of drug-likeness (QED) is 0.558. The molecule has 0 bridgehead atoms. The molecule has 2 N–H and O–H groups in total. The summed E-state index contributed by atoms with van der Waals surface area (Å²) in [5.41, 5.74) is 0. The van der Waals surface area contributed by atoms with Gasteiger partial charge in [-0.25, -0.2) is 13.1 Å². The Morgan fingerprint density at radius 2 is 1.83 bits per heavy atom. The molecular weight excluding hydrogens is 176 g/mol. The first-order valence-electron chi connectivity index (χ1n) is 4.21. The van der Waals surface area contributed by atoms with Crippen molar-refractivity contribution in [3.8, 4) is 0 Å². The summed E-state index contributed by atoms with van der Waals surface area (Å²) in [4.78, 5) is 0. The van der Waals surface area contributed by atoms with E-state index in [0.29, 0.717) is 6.54 Å². The van der Waals surface area contributed by atoms with E-state index in [-0.39, 0.29) is 0 Å². The molecule has 0 radical (unpaired) electrons. The second-order valence-electron chi connectivity index (χ2n) is 2.77. The maximum Gasteiger partial charge on any atom is 0.208 e. The molecule has 0 unspecified atom stereocenters. The molecule has 0 amide bonds. The zero-order valence-corrected chi connectivity index (χ0v) is 8.58. The lowest BCUT2D eigenvalue weighted by atomic mass is 10.4. The Morgan fingerprint density at radius 3 is 2.33 bits per heavy atom. The minimum absolute atomic E-state index is 0.523. The second kappa shape index (κ2) is 6.39. The molecule has 0 aliphatic rings. The van der Waals surface area contributed by atoms with Crippen molar-refractivity contribution in [1.29, 1.82) is 0 Å². The fourth-order valence-corrected chi connectivity index (χ4v) is 1.29. The third kappa shape index (κ3) is 9.87. The van der Waals surface area contributed by atoms with E-state index in [4.69, 9.17) is 0 Å². The molecule has 12 heavy (non-hydrogen) atoms. The summed E-state index contributed by atoms with van der Waals surface area (Å²) < 4.78 is 23.6. The van der Waals surface area contributed by atoms with E-state index in [1.54, 1.807) is 0 Å². The summed E-state index contributed by atoms with van der Waals surface area (Å²) in [6.45, 7) is 4.49. The smallest absolute Gasteiger partial charge is 0.208 e. The highest BCUT2D eigenvalue weighted by atomic mass is 32.2. The van der Waals surface area contributed by atoms with E-state index >= 15 is 0 Å². The van der Waals surface area contributed by atoms with Crippen LogP contribution in [-0.4, -0.2) is 34.3 Å². The van der Waals surface area contributed by atoms with Gasteiger partial charge in [0.15, 0.2) is 0 Å². The van der Waals surface area contributed by atoms with Crippen LogP contribution in [0.15, 0.2) is 0 Å². The van der Waals surface area contributed by atoms with Crippen LogP contribution in [0.5, 0.6) is 0 Å². The molecule has 0 fully saturated rings. The summed E-state index contributed by atoms with van der Waals surface area (Å²) in [6.07, 6.45) is 3.12. The van der Waals surface area contributed by atoms with Gasteiger partial charge in [0.25, 0.3) is 0 Å². The van der Waals surface area contributed by atoms with Crippen molar-refractivity contribution < 1.29 is 8.42 Å². The molecule has 0 spiro atoms. The molecule has 0 aromatic rings. The van der Waals surface area contributed by atoms with Gasteiger partial charge in [-0.1, -0.05) is 6.92 Å². The highest BCUT2D eigenvalue weighted by molar-refractivity contribution is 7.88. The first-order chi connectivity index (χ1) is 5.56. The number of nitrogens with one attached hydrogen (secondary N) is 2. The Labute approximate surface area is 74.8 Å². The third-order valence-corrected chi connectivity index (χ3v) is 2.05. The molecule has 0 saturated heterocycles. The highest BCUT2D eigenvalue weighted by Gasteiger charge is 1.97. The predicted molar refractivity (Wildman–Crippen MR) is 50.6 cm³/mol. The van der Waals surface area contributed by atoms with Crippen molar-refractivity contribution in [2.75, 3.05) is 25.9 Å². The molecule has 0 heterocycles. The van der Waals surface area contributed by atoms with Crippen molar-refractivity contribution in [2.24, 2.45) is 0 Å². The topological polar surface area (TPSA) is 58.2 Å².